The maximum Gasteiger partial charge on any atom is 0.203 e. The van der Waals surface area contributed by atoms with Crippen LogP contribution >= 0.6 is 11.6 Å². The van der Waals surface area contributed by atoms with E-state index in [2.05, 4.69) is 30.4 Å². The van der Waals surface area contributed by atoms with Crippen LogP contribution in [0.15, 0.2) is 36.4 Å². The minimum absolute atomic E-state index is 0.183. The highest BCUT2D eigenvalue weighted by atomic mass is 35.5. The molecule has 0 aromatic heterocycles. The van der Waals surface area contributed by atoms with E-state index in [1.165, 1.54) is 0 Å². The van der Waals surface area contributed by atoms with E-state index < -0.39 is 0 Å². The molecule has 1 N–H and O–H groups in total. The van der Waals surface area contributed by atoms with Crippen molar-refractivity contribution >= 4 is 11.6 Å². The molecular weight excluding hydrogens is 352 g/mol. The van der Waals surface area contributed by atoms with Crippen molar-refractivity contribution in [2.45, 2.75) is 12.6 Å². The van der Waals surface area contributed by atoms with Crippen molar-refractivity contribution < 1.29 is 14.2 Å². The van der Waals surface area contributed by atoms with Crippen LogP contribution in [0, 0.1) is 0 Å². The Morgan fingerprint density at radius 1 is 1.19 bits per heavy atom. The van der Waals surface area contributed by atoms with Crippen LogP contribution < -0.4 is 19.5 Å². The topological polar surface area (TPSA) is 43.0 Å². The Hall–Kier alpha value is -1.95. The van der Waals surface area contributed by atoms with Crippen molar-refractivity contribution in [3.05, 3.63) is 52.5 Å². The highest BCUT2D eigenvalue weighted by Crippen LogP contribution is 2.40. The quantitative estimate of drug-likeness (QED) is 0.801. The largest absolute Gasteiger partial charge is 0.493 e. The van der Waals surface area contributed by atoms with Crippen molar-refractivity contribution in [3.63, 3.8) is 0 Å². The first-order valence-corrected chi connectivity index (χ1v) is 9.06. The molecule has 0 radical (unpaired) electrons. The molecule has 26 heavy (non-hydrogen) atoms. The van der Waals surface area contributed by atoms with Gasteiger partial charge in [0.15, 0.2) is 11.5 Å². The van der Waals surface area contributed by atoms with Gasteiger partial charge in [-0.3, -0.25) is 0 Å². The Labute approximate surface area is 159 Å². The molecule has 6 heteroatoms. The number of nitrogens with one attached hydrogen (secondary N) is 1. The fourth-order valence-corrected chi connectivity index (χ4v) is 3.36. The molecule has 0 saturated heterocycles. The molecule has 1 unspecified atom stereocenters. The van der Waals surface area contributed by atoms with Gasteiger partial charge in [-0.05, 0) is 43.4 Å². The fourth-order valence-electron chi connectivity index (χ4n) is 3.10. The maximum absolute atomic E-state index is 6.38. The normalized spacial score (nSPS) is 14.3. The molecule has 140 valence electrons. The molecule has 1 atom stereocenters. The standard InChI is InChI=1S/C20H25ClN2O3/c1-23(2)17(15-6-4-5-7-16(15)21)13-22-12-14-10-18(24-3)20-19(11-14)25-8-9-26-20/h4-7,10-11,17,22H,8-9,12-13H2,1-3H3. The molecule has 0 saturated carbocycles. The molecule has 0 aliphatic carbocycles. The Kier molecular flexibility index (Phi) is 6.25. The first-order chi connectivity index (χ1) is 12.6. The maximum atomic E-state index is 6.38. The molecule has 3 rings (SSSR count). The van der Waals surface area contributed by atoms with Gasteiger partial charge in [0.2, 0.25) is 5.75 Å². The summed E-state index contributed by atoms with van der Waals surface area (Å²) in [6.07, 6.45) is 0. The summed E-state index contributed by atoms with van der Waals surface area (Å²) in [7, 11) is 5.76. The van der Waals surface area contributed by atoms with E-state index in [1.807, 2.05) is 30.3 Å². The average molecular weight is 377 g/mol. The van der Waals surface area contributed by atoms with Crippen molar-refractivity contribution in [2.24, 2.45) is 0 Å². The molecule has 0 bridgehead atoms. The van der Waals surface area contributed by atoms with Gasteiger partial charge in [0.25, 0.3) is 0 Å². The van der Waals surface area contributed by atoms with Gasteiger partial charge >= 0.3 is 0 Å². The van der Waals surface area contributed by atoms with Gasteiger partial charge in [-0.15, -0.1) is 0 Å². The van der Waals surface area contributed by atoms with Gasteiger partial charge in [-0.2, -0.15) is 0 Å². The number of ether oxygens (including phenoxy) is 3. The Morgan fingerprint density at radius 2 is 1.96 bits per heavy atom. The lowest BCUT2D eigenvalue weighted by Gasteiger charge is -2.26. The number of hydrogen-bond donors (Lipinski definition) is 1. The first-order valence-electron chi connectivity index (χ1n) is 8.68. The van der Waals surface area contributed by atoms with Gasteiger partial charge in [0.1, 0.15) is 13.2 Å². The zero-order valence-corrected chi connectivity index (χ0v) is 16.2. The first kappa shape index (κ1) is 18.8. The van der Waals surface area contributed by atoms with Crippen LogP contribution in [0.2, 0.25) is 5.02 Å². The second-order valence-corrected chi connectivity index (χ2v) is 6.86. The van der Waals surface area contributed by atoms with Crippen LogP contribution in [-0.2, 0) is 6.54 Å². The highest BCUT2D eigenvalue weighted by Gasteiger charge is 2.19. The summed E-state index contributed by atoms with van der Waals surface area (Å²) in [4.78, 5) is 2.17. The van der Waals surface area contributed by atoms with E-state index in [1.54, 1.807) is 7.11 Å². The van der Waals surface area contributed by atoms with Crippen LogP contribution in [0.5, 0.6) is 17.2 Å². The van der Waals surface area contributed by atoms with Crippen LogP contribution in [0.1, 0.15) is 17.2 Å². The van der Waals surface area contributed by atoms with Gasteiger partial charge in [-0.1, -0.05) is 29.8 Å². The summed E-state index contributed by atoms with van der Waals surface area (Å²) in [6, 6.07) is 12.1. The Morgan fingerprint density at radius 3 is 2.69 bits per heavy atom. The molecule has 0 spiro atoms. The Balaban J connectivity index is 1.69. The van der Waals surface area contributed by atoms with Crippen molar-refractivity contribution in [3.8, 4) is 17.2 Å². The van der Waals surface area contributed by atoms with Crippen LogP contribution in [0.4, 0.5) is 0 Å². The van der Waals surface area contributed by atoms with Crippen LogP contribution in [0.3, 0.4) is 0 Å². The highest BCUT2D eigenvalue weighted by molar-refractivity contribution is 6.31. The SMILES string of the molecule is COc1cc(CNCC(c2ccccc2Cl)N(C)C)cc2c1OCCO2. The zero-order chi connectivity index (χ0) is 18.5. The fraction of sp³-hybridized carbons (Fsp3) is 0.400. The van der Waals surface area contributed by atoms with Crippen LogP contribution in [-0.4, -0.2) is 45.9 Å². The average Bonchev–Trinajstić information content (AvgIpc) is 2.65. The van der Waals surface area contributed by atoms with E-state index in [0.717, 1.165) is 28.4 Å². The lowest BCUT2D eigenvalue weighted by molar-refractivity contribution is 0.165. The summed E-state index contributed by atoms with van der Waals surface area (Å²) >= 11 is 6.38. The van der Waals surface area contributed by atoms with Gasteiger partial charge < -0.3 is 24.4 Å². The minimum atomic E-state index is 0.183. The summed E-state index contributed by atoms with van der Waals surface area (Å²) in [5, 5.41) is 4.30. The third-order valence-electron chi connectivity index (χ3n) is 4.44. The van der Waals surface area contributed by atoms with Gasteiger partial charge in [0, 0.05) is 24.2 Å². The monoisotopic (exact) mass is 376 g/mol. The lowest BCUT2D eigenvalue weighted by atomic mass is 10.1. The smallest absolute Gasteiger partial charge is 0.203 e. The number of halogens is 1. The van der Waals surface area contributed by atoms with E-state index in [0.29, 0.717) is 31.3 Å². The predicted molar refractivity (Wildman–Crippen MR) is 104 cm³/mol. The van der Waals surface area contributed by atoms with Crippen LogP contribution in [0.25, 0.3) is 0 Å². The van der Waals surface area contributed by atoms with E-state index >= 15 is 0 Å². The number of methoxy groups -OCH3 is 1. The predicted octanol–water partition coefficient (Wildman–Crippen LogP) is 3.51. The second-order valence-electron chi connectivity index (χ2n) is 6.45. The molecule has 1 heterocycles. The molecule has 1 aliphatic rings. The summed E-state index contributed by atoms with van der Waals surface area (Å²) in [5.74, 6) is 2.13. The minimum Gasteiger partial charge on any atom is -0.493 e. The zero-order valence-electron chi connectivity index (χ0n) is 15.4. The number of hydrogen-bond acceptors (Lipinski definition) is 5. The third-order valence-corrected chi connectivity index (χ3v) is 4.79. The number of nitrogens with zero attached hydrogens (tertiary/aromatic N) is 1. The third kappa shape index (κ3) is 4.23. The summed E-state index contributed by atoms with van der Waals surface area (Å²) in [5.41, 5.74) is 2.20. The Bertz CT molecular complexity index is 735. The molecule has 2 aromatic carbocycles. The molecule has 0 amide bonds. The summed E-state index contributed by atoms with van der Waals surface area (Å²) in [6.45, 7) is 2.57. The number of likely N-dealkylation sites (N-methyl/N-ethyl adjacent to an activating group) is 1. The second kappa shape index (κ2) is 8.62. The lowest BCUT2D eigenvalue weighted by Crippen LogP contribution is -2.31. The number of benzene rings is 2. The van der Waals surface area contributed by atoms with E-state index in [9.17, 15) is 0 Å². The number of rotatable bonds is 7. The molecular formula is C20H25ClN2O3. The van der Waals surface area contributed by atoms with Crippen molar-refractivity contribution in [1.82, 2.24) is 10.2 Å². The van der Waals surface area contributed by atoms with E-state index in [4.69, 9.17) is 25.8 Å². The molecule has 1 aliphatic heterocycles. The molecule has 2 aromatic rings. The van der Waals surface area contributed by atoms with E-state index in [-0.39, 0.29) is 6.04 Å². The summed E-state index contributed by atoms with van der Waals surface area (Å²) < 4.78 is 16.8. The van der Waals surface area contributed by atoms with Gasteiger partial charge in [0.05, 0.1) is 7.11 Å². The molecule has 5 nitrogen and oxygen atoms in total. The van der Waals surface area contributed by atoms with Gasteiger partial charge in [-0.25, -0.2) is 0 Å². The number of fused-ring (bicyclic) bond motifs is 1. The molecule has 0 fully saturated rings. The van der Waals surface area contributed by atoms with Crippen molar-refractivity contribution in [2.75, 3.05) is 41.0 Å². The van der Waals surface area contributed by atoms with Crippen molar-refractivity contribution in [1.29, 1.82) is 0 Å².